The Kier molecular flexibility index (Phi) is 3.95. The Bertz CT molecular complexity index is 933. The third-order valence-corrected chi connectivity index (χ3v) is 4.47. The van der Waals surface area contributed by atoms with Gasteiger partial charge in [0.1, 0.15) is 28.4 Å². The fourth-order valence-corrected chi connectivity index (χ4v) is 2.97. The van der Waals surface area contributed by atoms with Crippen molar-refractivity contribution < 1.29 is 35.1 Å². The molecule has 0 unspecified atom stereocenters. The number of benzene rings is 2. The Hall–Kier alpha value is -2.61. The number of hydrogen-bond acceptors (Lipinski definition) is 7. The molecule has 0 saturated carbocycles. The molecule has 2 atom stereocenters. The summed E-state index contributed by atoms with van der Waals surface area (Å²) >= 11 is 5.71. The highest BCUT2D eigenvalue weighted by Gasteiger charge is 2.37. The molecule has 8 heteroatoms. The second-order valence-corrected chi connectivity index (χ2v) is 6.17. The predicted molar refractivity (Wildman–Crippen MR) is 86.4 cm³/mol. The standard InChI is InChI=1S/C17H13ClO7/c1-5(19)14(22)6-2-7-11(9(20)3-6)16(24)12-8(15(7)23)4-10(21)13(18)17(12)25/h2-5,14,19-22,25H,1H3/t5-,14+/m1/s1. The maximum Gasteiger partial charge on any atom is 0.202 e. The molecule has 5 N–H and O–H groups in total. The van der Waals surface area contributed by atoms with Gasteiger partial charge in [-0.2, -0.15) is 0 Å². The number of aliphatic hydroxyl groups is 2. The Morgan fingerprint density at radius 1 is 0.880 bits per heavy atom. The first-order chi connectivity index (χ1) is 11.6. The summed E-state index contributed by atoms with van der Waals surface area (Å²) < 4.78 is 0. The van der Waals surface area contributed by atoms with Crippen molar-refractivity contribution in [1.82, 2.24) is 0 Å². The fraction of sp³-hybridized carbons (Fsp3) is 0.176. The normalized spacial score (nSPS) is 15.5. The zero-order valence-electron chi connectivity index (χ0n) is 12.8. The van der Waals surface area contributed by atoms with E-state index in [9.17, 15) is 35.1 Å². The molecule has 0 heterocycles. The number of carbonyl (C=O) groups excluding carboxylic acids is 2. The van der Waals surface area contributed by atoms with Crippen LogP contribution in [0, 0.1) is 0 Å². The Balaban J connectivity index is 2.29. The van der Waals surface area contributed by atoms with Crippen LogP contribution in [0.5, 0.6) is 17.2 Å². The lowest BCUT2D eigenvalue weighted by Gasteiger charge is -2.22. The summed E-state index contributed by atoms with van der Waals surface area (Å²) in [5, 5.41) is 48.8. The molecule has 0 bridgehead atoms. The minimum Gasteiger partial charge on any atom is -0.507 e. The fourth-order valence-electron chi connectivity index (χ4n) is 2.83. The monoisotopic (exact) mass is 364 g/mol. The molecule has 0 saturated heterocycles. The van der Waals surface area contributed by atoms with Gasteiger partial charge in [0.25, 0.3) is 0 Å². The molecule has 2 aromatic rings. The van der Waals surface area contributed by atoms with E-state index in [1.807, 2.05) is 0 Å². The van der Waals surface area contributed by atoms with Crippen molar-refractivity contribution in [1.29, 1.82) is 0 Å². The van der Waals surface area contributed by atoms with Crippen LogP contribution in [0.1, 0.15) is 50.4 Å². The van der Waals surface area contributed by atoms with Gasteiger partial charge in [-0.1, -0.05) is 11.6 Å². The number of carbonyl (C=O) groups is 2. The highest BCUT2D eigenvalue weighted by atomic mass is 35.5. The van der Waals surface area contributed by atoms with Crippen molar-refractivity contribution in [3.8, 4) is 17.2 Å². The first-order valence-electron chi connectivity index (χ1n) is 7.22. The topological polar surface area (TPSA) is 135 Å². The van der Waals surface area contributed by atoms with Crippen molar-refractivity contribution in [2.75, 3.05) is 0 Å². The SMILES string of the molecule is C[C@@H](O)[C@H](O)c1cc(O)c2c(c1)C(=O)c1cc(O)c(Cl)c(O)c1C2=O. The van der Waals surface area contributed by atoms with E-state index in [2.05, 4.69) is 0 Å². The van der Waals surface area contributed by atoms with Crippen LogP contribution in [-0.4, -0.2) is 43.2 Å². The number of hydrogen-bond donors (Lipinski definition) is 5. The zero-order chi connectivity index (χ0) is 18.6. The molecule has 1 aliphatic rings. The Morgan fingerprint density at radius 3 is 2.08 bits per heavy atom. The van der Waals surface area contributed by atoms with Gasteiger partial charge in [0.2, 0.25) is 5.78 Å². The molecule has 2 aromatic carbocycles. The van der Waals surface area contributed by atoms with E-state index in [4.69, 9.17) is 11.6 Å². The van der Waals surface area contributed by atoms with Crippen LogP contribution in [0.15, 0.2) is 18.2 Å². The minimum absolute atomic E-state index is 0.0401. The third kappa shape index (κ3) is 2.44. The van der Waals surface area contributed by atoms with Crippen molar-refractivity contribution >= 4 is 23.2 Å². The number of ketones is 2. The molecule has 130 valence electrons. The number of fused-ring (bicyclic) bond motifs is 2. The second-order valence-electron chi connectivity index (χ2n) is 5.79. The smallest absolute Gasteiger partial charge is 0.202 e. The van der Waals surface area contributed by atoms with Gasteiger partial charge in [0.05, 0.1) is 17.2 Å². The van der Waals surface area contributed by atoms with Crippen LogP contribution in [-0.2, 0) is 0 Å². The molecular formula is C17H13ClO7. The van der Waals surface area contributed by atoms with E-state index in [-0.39, 0.29) is 22.3 Å². The van der Waals surface area contributed by atoms with Crippen molar-refractivity contribution in [2.24, 2.45) is 0 Å². The van der Waals surface area contributed by atoms with Crippen LogP contribution in [0.4, 0.5) is 0 Å². The van der Waals surface area contributed by atoms with Crippen molar-refractivity contribution in [3.63, 3.8) is 0 Å². The lowest BCUT2D eigenvalue weighted by atomic mass is 9.81. The van der Waals surface area contributed by atoms with Gasteiger partial charge in [0.15, 0.2) is 5.78 Å². The van der Waals surface area contributed by atoms with E-state index < -0.39 is 51.6 Å². The van der Waals surface area contributed by atoms with Gasteiger partial charge >= 0.3 is 0 Å². The lowest BCUT2D eigenvalue weighted by molar-refractivity contribution is 0.0303. The molecule has 0 radical (unpaired) electrons. The highest BCUT2D eigenvalue weighted by Crippen LogP contribution is 2.44. The molecule has 25 heavy (non-hydrogen) atoms. The van der Waals surface area contributed by atoms with E-state index in [0.717, 1.165) is 12.1 Å². The van der Waals surface area contributed by atoms with E-state index in [0.29, 0.717) is 0 Å². The average molecular weight is 365 g/mol. The highest BCUT2D eigenvalue weighted by molar-refractivity contribution is 6.37. The van der Waals surface area contributed by atoms with E-state index >= 15 is 0 Å². The van der Waals surface area contributed by atoms with Gasteiger partial charge < -0.3 is 25.5 Å². The van der Waals surface area contributed by atoms with Gasteiger partial charge in [-0.05, 0) is 30.7 Å². The summed E-state index contributed by atoms with van der Waals surface area (Å²) in [6.07, 6.45) is -2.56. The molecule has 3 rings (SSSR count). The van der Waals surface area contributed by atoms with Crippen LogP contribution < -0.4 is 0 Å². The average Bonchev–Trinajstić information content (AvgIpc) is 2.55. The summed E-state index contributed by atoms with van der Waals surface area (Å²) in [5.41, 5.74) is -1.22. The summed E-state index contributed by atoms with van der Waals surface area (Å²) in [7, 11) is 0. The summed E-state index contributed by atoms with van der Waals surface area (Å²) in [4.78, 5) is 25.3. The largest absolute Gasteiger partial charge is 0.507 e. The maximum atomic E-state index is 12.7. The van der Waals surface area contributed by atoms with E-state index in [1.54, 1.807) is 0 Å². The molecular weight excluding hydrogens is 352 g/mol. The maximum absolute atomic E-state index is 12.7. The van der Waals surface area contributed by atoms with Crippen molar-refractivity contribution in [3.05, 3.63) is 51.0 Å². The van der Waals surface area contributed by atoms with Gasteiger partial charge in [0, 0.05) is 11.1 Å². The molecule has 0 aromatic heterocycles. The molecule has 1 aliphatic carbocycles. The first kappa shape index (κ1) is 17.2. The summed E-state index contributed by atoms with van der Waals surface area (Å²) in [6, 6.07) is 3.19. The molecule has 0 aliphatic heterocycles. The Labute approximate surface area is 146 Å². The zero-order valence-corrected chi connectivity index (χ0v) is 13.6. The number of rotatable bonds is 2. The van der Waals surface area contributed by atoms with E-state index in [1.165, 1.54) is 13.0 Å². The number of halogens is 1. The predicted octanol–water partition coefficient (Wildman–Crippen LogP) is 1.65. The number of phenols is 3. The van der Waals surface area contributed by atoms with Crippen LogP contribution in [0.3, 0.4) is 0 Å². The molecule has 0 amide bonds. The number of aromatic hydroxyl groups is 3. The second kappa shape index (κ2) is 5.73. The number of phenolic OH excluding ortho intramolecular Hbond substituents is 3. The Morgan fingerprint density at radius 2 is 1.48 bits per heavy atom. The summed E-state index contributed by atoms with van der Waals surface area (Å²) in [5.74, 6) is -3.51. The molecule has 7 nitrogen and oxygen atoms in total. The molecule has 0 spiro atoms. The van der Waals surface area contributed by atoms with Gasteiger partial charge in [-0.15, -0.1) is 0 Å². The van der Waals surface area contributed by atoms with Crippen LogP contribution >= 0.6 is 11.6 Å². The van der Waals surface area contributed by atoms with Crippen molar-refractivity contribution in [2.45, 2.75) is 19.1 Å². The van der Waals surface area contributed by atoms with Crippen LogP contribution in [0.25, 0.3) is 0 Å². The number of aliphatic hydroxyl groups excluding tert-OH is 2. The lowest BCUT2D eigenvalue weighted by Crippen LogP contribution is -2.23. The molecule has 0 fully saturated rings. The van der Waals surface area contributed by atoms with Gasteiger partial charge in [-0.25, -0.2) is 0 Å². The van der Waals surface area contributed by atoms with Gasteiger partial charge in [-0.3, -0.25) is 9.59 Å². The minimum atomic E-state index is -1.38. The quantitative estimate of drug-likeness (QED) is 0.466. The summed E-state index contributed by atoms with van der Waals surface area (Å²) in [6.45, 7) is 1.32. The van der Waals surface area contributed by atoms with Crippen LogP contribution in [0.2, 0.25) is 5.02 Å². The third-order valence-electron chi connectivity index (χ3n) is 4.10. The first-order valence-corrected chi connectivity index (χ1v) is 7.59.